The molecule has 2 N–H and O–H groups in total. The van der Waals surface area contributed by atoms with Gasteiger partial charge >= 0.3 is 6.18 Å². The normalized spacial score (nSPS) is 18.1. The number of anilines is 1. The highest BCUT2D eigenvalue weighted by Gasteiger charge is 2.49. The molecule has 3 aliphatic rings. The fourth-order valence-corrected chi connectivity index (χ4v) is 7.83. The van der Waals surface area contributed by atoms with Gasteiger partial charge in [0.1, 0.15) is 18.7 Å². The summed E-state index contributed by atoms with van der Waals surface area (Å²) < 4.78 is 57.0. The average molecular weight is 732 g/mol. The minimum atomic E-state index is -4.77. The first-order valence-corrected chi connectivity index (χ1v) is 17.2. The molecule has 1 atom stereocenters. The number of carbonyl (C=O) groups excluding carboxylic acids is 2. The fourth-order valence-electron chi connectivity index (χ4n) is 7.83. The topological polar surface area (TPSA) is 160 Å². The van der Waals surface area contributed by atoms with Crippen LogP contribution in [-0.2, 0) is 22.9 Å². The van der Waals surface area contributed by atoms with E-state index in [1.807, 2.05) is 13.0 Å². The Morgan fingerprint density at radius 1 is 1.08 bits per heavy atom. The molecule has 2 amide bonds. The van der Waals surface area contributed by atoms with Crippen LogP contribution in [0.1, 0.15) is 89.6 Å². The lowest BCUT2D eigenvalue weighted by Crippen LogP contribution is -2.46. The lowest BCUT2D eigenvalue weighted by molar-refractivity contribution is -0.137. The van der Waals surface area contributed by atoms with Crippen molar-refractivity contribution in [1.29, 1.82) is 0 Å². The maximum Gasteiger partial charge on any atom is 0.416 e. The predicted molar refractivity (Wildman–Crippen MR) is 181 cm³/mol. The molecule has 5 heterocycles. The molecule has 0 bridgehead atoms. The van der Waals surface area contributed by atoms with Crippen LogP contribution in [0.3, 0.4) is 0 Å². The minimum absolute atomic E-state index is 0.0719. The van der Waals surface area contributed by atoms with Gasteiger partial charge in [0.05, 0.1) is 16.9 Å². The van der Waals surface area contributed by atoms with E-state index in [9.17, 15) is 37.1 Å². The summed E-state index contributed by atoms with van der Waals surface area (Å²) in [6.07, 6.45) is 1.43. The molecule has 1 saturated carbocycles. The van der Waals surface area contributed by atoms with Crippen molar-refractivity contribution < 1.29 is 32.3 Å². The fraction of sp³-hybridized carbons (Fsp3) is 0.389. The number of hydrogen-bond donors (Lipinski definition) is 2. The van der Waals surface area contributed by atoms with Gasteiger partial charge in [0.15, 0.2) is 17.3 Å². The molecule has 1 unspecified atom stereocenters. The maximum atomic E-state index is 14.8. The molecule has 0 radical (unpaired) electrons. The first-order chi connectivity index (χ1) is 25.2. The van der Waals surface area contributed by atoms with E-state index in [0.717, 1.165) is 29.1 Å². The Hall–Kier alpha value is -5.74. The maximum absolute atomic E-state index is 14.8. The van der Waals surface area contributed by atoms with Crippen LogP contribution in [0.4, 0.5) is 23.2 Å². The van der Waals surface area contributed by atoms with Crippen molar-refractivity contribution in [3.8, 4) is 17.1 Å². The Morgan fingerprint density at radius 2 is 1.83 bits per heavy atom. The molecule has 1 spiro atoms. The SMILES string of the molecule is Cc1ncnc(C(=O)N2CCC3(CC2)CC(C)c2c3c(=O)n3nc(-c4ccnc(C5CC5)c4)nc3n2CC(=O)Nc2ccc(C(F)(F)F)cc2F)c1O. The molecule has 1 aromatic carbocycles. The number of rotatable bonds is 6. The van der Waals surface area contributed by atoms with Crippen molar-refractivity contribution in [3.05, 3.63) is 92.9 Å². The summed E-state index contributed by atoms with van der Waals surface area (Å²) in [6, 6.07) is 5.46. The second kappa shape index (κ2) is 12.4. The van der Waals surface area contributed by atoms with E-state index in [0.29, 0.717) is 54.1 Å². The van der Waals surface area contributed by atoms with Crippen LogP contribution < -0.4 is 10.9 Å². The number of hydrogen-bond acceptors (Lipinski definition) is 9. The molecule has 4 aromatic heterocycles. The Labute approximate surface area is 298 Å². The molecule has 1 aliphatic heterocycles. The van der Waals surface area contributed by atoms with E-state index >= 15 is 0 Å². The van der Waals surface area contributed by atoms with Crippen molar-refractivity contribution in [3.63, 3.8) is 0 Å². The largest absolute Gasteiger partial charge is 0.504 e. The van der Waals surface area contributed by atoms with Gasteiger partial charge in [0.2, 0.25) is 11.7 Å². The lowest BCUT2D eigenvalue weighted by atomic mass is 9.73. The molecule has 1 saturated heterocycles. The van der Waals surface area contributed by atoms with Crippen LogP contribution >= 0.6 is 0 Å². The highest BCUT2D eigenvalue weighted by Crippen LogP contribution is 2.50. The number of nitrogens with one attached hydrogen (secondary N) is 1. The number of aryl methyl sites for hydroxylation is 1. The number of aromatic nitrogens is 7. The number of piperidine rings is 1. The summed E-state index contributed by atoms with van der Waals surface area (Å²) in [5, 5.41) is 17.5. The highest BCUT2D eigenvalue weighted by atomic mass is 19.4. The van der Waals surface area contributed by atoms with Gasteiger partial charge in [0, 0.05) is 53.1 Å². The van der Waals surface area contributed by atoms with Gasteiger partial charge in [-0.2, -0.15) is 22.7 Å². The van der Waals surface area contributed by atoms with Gasteiger partial charge in [-0.3, -0.25) is 19.4 Å². The van der Waals surface area contributed by atoms with E-state index in [2.05, 4.69) is 25.4 Å². The van der Waals surface area contributed by atoms with Crippen molar-refractivity contribution in [2.45, 2.75) is 75.9 Å². The number of likely N-dealkylation sites (tertiary alicyclic amines) is 1. The zero-order valence-corrected chi connectivity index (χ0v) is 28.6. The Kier molecular flexibility index (Phi) is 8.07. The monoisotopic (exact) mass is 731 g/mol. The number of aromatic hydroxyl groups is 1. The van der Waals surface area contributed by atoms with Crippen LogP contribution in [0, 0.1) is 12.7 Å². The first kappa shape index (κ1) is 34.4. The average Bonchev–Trinajstić information content (AvgIpc) is 3.81. The summed E-state index contributed by atoms with van der Waals surface area (Å²) in [4.78, 5) is 60.2. The van der Waals surface area contributed by atoms with Gasteiger partial charge in [-0.05, 0) is 75.3 Å². The third-order valence-corrected chi connectivity index (χ3v) is 10.6. The van der Waals surface area contributed by atoms with Crippen LogP contribution in [0.15, 0.2) is 47.7 Å². The number of nitrogens with zero attached hydrogens (tertiary/aromatic N) is 8. The van der Waals surface area contributed by atoms with E-state index in [1.54, 1.807) is 28.7 Å². The molecule has 2 aliphatic carbocycles. The van der Waals surface area contributed by atoms with Crippen molar-refractivity contribution in [2.75, 3.05) is 18.4 Å². The molecule has 274 valence electrons. The lowest BCUT2D eigenvalue weighted by Gasteiger charge is -2.39. The Bertz CT molecular complexity index is 2380. The van der Waals surface area contributed by atoms with Gasteiger partial charge in [0.25, 0.3) is 11.5 Å². The molecule has 17 heteroatoms. The zero-order valence-electron chi connectivity index (χ0n) is 28.6. The molecule has 8 rings (SSSR count). The summed E-state index contributed by atoms with van der Waals surface area (Å²) >= 11 is 0. The third kappa shape index (κ3) is 5.96. The van der Waals surface area contributed by atoms with Crippen LogP contribution in [0.5, 0.6) is 5.75 Å². The predicted octanol–water partition coefficient (Wildman–Crippen LogP) is 5.11. The summed E-state index contributed by atoms with van der Waals surface area (Å²) in [5.74, 6) is -2.38. The number of alkyl halides is 3. The number of halogens is 4. The molecular formula is C36H33F4N9O4. The summed E-state index contributed by atoms with van der Waals surface area (Å²) in [6.45, 7) is 3.54. The van der Waals surface area contributed by atoms with Crippen molar-refractivity contribution in [2.24, 2.45) is 0 Å². The minimum Gasteiger partial charge on any atom is -0.504 e. The molecule has 2 fully saturated rings. The van der Waals surface area contributed by atoms with Crippen LogP contribution in [0.2, 0.25) is 0 Å². The van der Waals surface area contributed by atoms with E-state index in [4.69, 9.17) is 4.98 Å². The molecular weight excluding hydrogens is 698 g/mol. The van der Waals surface area contributed by atoms with E-state index in [1.165, 1.54) is 6.33 Å². The Balaban J connectivity index is 1.18. The smallest absolute Gasteiger partial charge is 0.416 e. The van der Waals surface area contributed by atoms with Crippen LogP contribution in [-0.4, -0.2) is 69.0 Å². The summed E-state index contributed by atoms with van der Waals surface area (Å²) in [7, 11) is 0. The summed E-state index contributed by atoms with van der Waals surface area (Å²) in [5.41, 5.74) is -0.0935. The van der Waals surface area contributed by atoms with Gasteiger partial charge in [-0.1, -0.05) is 6.92 Å². The Morgan fingerprint density at radius 3 is 2.53 bits per heavy atom. The second-order valence-corrected chi connectivity index (χ2v) is 14.1. The van der Waals surface area contributed by atoms with Gasteiger partial charge in [-0.15, -0.1) is 5.10 Å². The molecule has 53 heavy (non-hydrogen) atoms. The van der Waals surface area contributed by atoms with Crippen molar-refractivity contribution in [1.82, 2.24) is 39.0 Å². The number of amides is 2. The highest BCUT2D eigenvalue weighted by molar-refractivity contribution is 5.95. The second-order valence-electron chi connectivity index (χ2n) is 14.1. The molecule has 5 aromatic rings. The standard InChI is InChI=1S/C36H33F4N9O4/c1-18-15-35(8-11-47(12-9-35)33(53)28-30(51)19(2)42-17-43-28)27-29(18)48(16-26(50)44-24-6-5-22(14-23(24)37)36(38,39)40)34-45-31(46-49(34)32(27)52)21-7-10-41-25(13-21)20-3-4-20/h5-7,10,13-14,17-18,20,51H,3-4,8-9,11-12,15-16H2,1-2H3,(H,44,50). The number of carbonyl (C=O) groups is 2. The van der Waals surface area contributed by atoms with Gasteiger partial charge < -0.3 is 19.9 Å². The number of fused-ring (bicyclic) bond motifs is 3. The van der Waals surface area contributed by atoms with Crippen molar-refractivity contribution >= 4 is 23.3 Å². The number of pyridine rings is 1. The number of benzene rings is 1. The van der Waals surface area contributed by atoms with E-state index in [-0.39, 0.29) is 47.7 Å². The van der Waals surface area contributed by atoms with Gasteiger partial charge in [-0.25, -0.2) is 14.4 Å². The molecule has 13 nitrogen and oxygen atoms in total. The zero-order chi connectivity index (χ0) is 37.4. The van der Waals surface area contributed by atoms with Crippen LogP contribution in [0.25, 0.3) is 17.2 Å². The quantitative estimate of drug-likeness (QED) is 0.226. The van der Waals surface area contributed by atoms with E-state index < -0.39 is 52.6 Å². The third-order valence-electron chi connectivity index (χ3n) is 10.6. The first-order valence-electron chi connectivity index (χ1n) is 17.2.